The predicted octanol–water partition coefficient (Wildman–Crippen LogP) is 8.45. The molecule has 4 heteroatoms. The summed E-state index contributed by atoms with van der Waals surface area (Å²) in [7, 11) is 0. The Labute approximate surface area is 203 Å². The lowest BCUT2D eigenvalue weighted by Gasteiger charge is -2.24. The van der Waals surface area contributed by atoms with E-state index in [2.05, 4.69) is 66.1 Å². The number of nitrogens with zero attached hydrogens (tertiary/aromatic N) is 3. The molecule has 0 spiro atoms. The number of benzene rings is 1. The number of hydrogen-bond donors (Lipinski definition) is 1. The third-order valence-corrected chi connectivity index (χ3v) is 6.82. The van der Waals surface area contributed by atoms with Gasteiger partial charge in [-0.15, -0.1) is 5.10 Å². The molecular weight excluding hydrogens is 404 g/mol. The largest absolute Gasteiger partial charge is 0.326 e. The van der Waals surface area contributed by atoms with Gasteiger partial charge in [0, 0.05) is 6.04 Å². The van der Waals surface area contributed by atoms with Crippen molar-refractivity contribution in [2.75, 3.05) is 0 Å². The van der Waals surface area contributed by atoms with Crippen LogP contribution in [0.25, 0.3) is 11.0 Å². The van der Waals surface area contributed by atoms with Crippen molar-refractivity contribution in [3.8, 4) is 0 Å². The molecule has 0 fully saturated rings. The van der Waals surface area contributed by atoms with Crippen LogP contribution < -0.4 is 5.73 Å². The van der Waals surface area contributed by atoms with Gasteiger partial charge in [0.05, 0.1) is 11.6 Å². The molecule has 2 unspecified atom stereocenters. The highest BCUT2D eigenvalue weighted by Gasteiger charge is 2.22. The van der Waals surface area contributed by atoms with E-state index < -0.39 is 0 Å². The molecule has 1 aromatic heterocycles. The number of rotatable bonds is 19. The number of aromatic nitrogens is 3. The van der Waals surface area contributed by atoms with Gasteiger partial charge in [0.15, 0.2) is 0 Å². The molecule has 1 aromatic carbocycles. The van der Waals surface area contributed by atoms with Crippen LogP contribution in [-0.2, 0) is 0 Å². The van der Waals surface area contributed by atoms with Gasteiger partial charge in [-0.25, -0.2) is 4.68 Å². The molecule has 2 N–H and O–H groups in total. The Morgan fingerprint density at radius 3 is 2.12 bits per heavy atom. The molecule has 0 saturated carbocycles. The molecule has 33 heavy (non-hydrogen) atoms. The highest BCUT2D eigenvalue weighted by molar-refractivity contribution is 5.75. The molecule has 0 saturated heterocycles. The van der Waals surface area contributed by atoms with Crippen molar-refractivity contribution in [1.82, 2.24) is 15.0 Å². The van der Waals surface area contributed by atoms with Crippen LogP contribution in [0.2, 0.25) is 0 Å². The summed E-state index contributed by atoms with van der Waals surface area (Å²) >= 11 is 0. The second-order valence-corrected chi connectivity index (χ2v) is 9.92. The first-order valence-corrected chi connectivity index (χ1v) is 13.9. The van der Waals surface area contributed by atoms with Crippen LogP contribution in [0.3, 0.4) is 0 Å². The summed E-state index contributed by atoms with van der Waals surface area (Å²) in [6.45, 7) is 6.61. The maximum Gasteiger partial charge on any atom is 0.113 e. The van der Waals surface area contributed by atoms with Crippen molar-refractivity contribution in [2.45, 2.75) is 136 Å². The molecule has 0 bridgehead atoms. The van der Waals surface area contributed by atoms with E-state index in [4.69, 9.17) is 5.73 Å². The Morgan fingerprint density at radius 1 is 0.818 bits per heavy atom. The maximum absolute atomic E-state index is 6.67. The molecule has 0 aliphatic rings. The van der Waals surface area contributed by atoms with Gasteiger partial charge in [-0.1, -0.05) is 101 Å². The summed E-state index contributed by atoms with van der Waals surface area (Å²) in [4.78, 5) is 0. The first-order chi connectivity index (χ1) is 16.2. The fourth-order valence-electron chi connectivity index (χ4n) is 4.75. The predicted molar refractivity (Wildman–Crippen MR) is 144 cm³/mol. The number of allylic oxidation sites excluding steroid dienone is 2. The topological polar surface area (TPSA) is 56.7 Å². The van der Waals surface area contributed by atoms with Crippen molar-refractivity contribution in [3.63, 3.8) is 0 Å². The third kappa shape index (κ3) is 10.4. The van der Waals surface area contributed by atoms with E-state index >= 15 is 0 Å². The summed E-state index contributed by atoms with van der Waals surface area (Å²) in [5.74, 6) is 0. The van der Waals surface area contributed by atoms with Crippen LogP contribution in [0.1, 0.15) is 128 Å². The third-order valence-electron chi connectivity index (χ3n) is 6.82. The molecule has 0 aliphatic heterocycles. The van der Waals surface area contributed by atoms with Crippen molar-refractivity contribution in [2.24, 2.45) is 5.73 Å². The minimum absolute atomic E-state index is 0.140. The average molecular weight is 455 g/mol. The molecule has 1 heterocycles. The van der Waals surface area contributed by atoms with Gasteiger partial charge < -0.3 is 5.73 Å². The molecule has 2 aromatic rings. The summed E-state index contributed by atoms with van der Waals surface area (Å²) in [6, 6.07) is 6.76. The molecule has 0 aliphatic carbocycles. The SMILES string of the molecule is CCCCCCCC/C=C\CCCCCCCC(N)C(CCC)n1nnc2cc(C)ccc21. The first kappa shape index (κ1) is 27.6. The second kappa shape index (κ2) is 16.9. The molecule has 186 valence electrons. The van der Waals surface area contributed by atoms with Crippen LogP contribution in [0, 0.1) is 6.92 Å². The Hall–Kier alpha value is -1.68. The first-order valence-electron chi connectivity index (χ1n) is 13.9. The monoisotopic (exact) mass is 454 g/mol. The zero-order valence-corrected chi connectivity index (χ0v) is 21.8. The summed E-state index contributed by atoms with van der Waals surface area (Å²) in [5.41, 5.74) is 9.98. The summed E-state index contributed by atoms with van der Waals surface area (Å²) in [5, 5.41) is 8.87. The lowest BCUT2D eigenvalue weighted by Crippen LogP contribution is -2.33. The maximum atomic E-state index is 6.67. The van der Waals surface area contributed by atoms with E-state index in [9.17, 15) is 0 Å². The van der Waals surface area contributed by atoms with E-state index in [-0.39, 0.29) is 12.1 Å². The molecule has 2 rings (SSSR count). The van der Waals surface area contributed by atoms with Gasteiger partial charge in [0.1, 0.15) is 5.52 Å². The van der Waals surface area contributed by atoms with Crippen molar-refractivity contribution in [3.05, 3.63) is 35.9 Å². The Kier molecular flexibility index (Phi) is 14.1. The Bertz CT molecular complexity index is 779. The smallest absolute Gasteiger partial charge is 0.113 e. The fourth-order valence-corrected chi connectivity index (χ4v) is 4.75. The van der Waals surface area contributed by atoms with E-state index in [0.717, 1.165) is 30.3 Å². The van der Waals surface area contributed by atoms with Crippen molar-refractivity contribution < 1.29 is 0 Å². The zero-order chi connectivity index (χ0) is 23.7. The second-order valence-electron chi connectivity index (χ2n) is 9.92. The highest BCUT2D eigenvalue weighted by Crippen LogP contribution is 2.25. The van der Waals surface area contributed by atoms with Crippen LogP contribution in [-0.4, -0.2) is 21.0 Å². The quantitative estimate of drug-likeness (QED) is 0.171. The summed E-state index contributed by atoms with van der Waals surface area (Å²) in [6.07, 6.45) is 25.4. The molecule has 0 radical (unpaired) electrons. The number of hydrogen-bond acceptors (Lipinski definition) is 3. The minimum atomic E-state index is 0.140. The molecule has 4 nitrogen and oxygen atoms in total. The number of aryl methyl sites for hydroxylation is 1. The normalized spacial score (nSPS) is 13.8. The molecular formula is C29H50N4. The highest BCUT2D eigenvalue weighted by atomic mass is 15.4. The lowest BCUT2D eigenvalue weighted by molar-refractivity contribution is 0.333. The van der Waals surface area contributed by atoms with Gasteiger partial charge in [-0.05, 0) is 63.1 Å². The van der Waals surface area contributed by atoms with Crippen LogP contribution >= 0.6 is 0 Å². The van der Waals surface area contributed by atoms with Crippen LogP contribution in [0.5, 0.6) is 0 Å². The van der Waals surface area contributed by atoms with Gasteiger partial charge in [-0.3, -0.25) is 0 Å². The fraction of sp³-hybridized carbons (Fsp3) is 0.724. The van der Waals surface area contributed by atoms with Gasteiger partial charge >= 0.3 is 0 Å². The van der Waals surface area contributed by atoms with E-state index in [0.29, 0.717) is 0 Å². The van der Waals surface area contributed by atoms with Crippen LogP contribution in [0.4, 0.5) is 0 Å². The standard InChI is InChI=1S/C29H50N4/c1-4-6-7-8-9-10-11-12-13-14-15-16-17-18-19-21-26(30)28(20-5-2)33-29-23-22-25(3)24-27(29)31-32-33/h12-13,22-24,26,28H,4-11,14-21,30H2,1-3H3/b13-12-. The van der Waals surface area contributed by atoms with Crippen molar-refractivity contribution in [1.29, 1.82) is 0 Å². The van der Waals surface area contributed by atoms with Gasteiger partial charge in [-0.2, -0.15) is 0 Å². The summed E-state index contributed by atoms with van der Waals surface area (Å²) < 4.78 is 2.08. The number of unbranched alkanes of at least 4 members (excludes halogenated alkanes) is 11. The van der Waals surface area contributed by atoms with E-state index in [1.807, 2.05) is 0 Å². The lowest BCUT2D eigenvalue weighted by atomic mass is 9.97. The number of nitrogens with two attached hydrogens (primary N) is 1. The van der Waals surface area contributed by atoms with E-state index in [1.165, 1.54) is 89.0 Å². The Balaban J connectivity index is 1.58. The minimum Gasteiger partial charge on any atom is -0.326 e. The zero-order valence-electron chi connectivity index (χ0n) is 21.8. The number of fused-ring (bicyclic) bond motifs is 1. The van der Waals surface area contributed by atoms with Crippen LogP contribution in [0.15, 0.2) is 30.4 Å². The molecule has 2 atom stereocenters. The van der Waals surface area contributed by atoms with Crippen molar-refractivity contribution >= 4 is 11.0 Å². The molecule has 0 amide bonds. The van der Waals surface area contributed by atoms with Gasteiger partial charge in [0.2, 0.25) is 0 Å². The Morgan fingerprint density at radius 2 is 1.45 bits per heavy atom. The average Bonchev–Trinajstić information content (AvgIpc) is 3.22. The van der Waals surface area contributed by atoms with Gasteiger partial charge in [0.25, 0.3) is 0 Å². The van der Waals surface area contributed by atoms with E-state index in [1.54, 1.807) is 0 Å².